The van der Waals surface area contributed by atoms with Crippen LogP contribution in [0, 0.1) is 4.84 Å². The van der Waals surface area contributed by atoms with Gasteiger partial charge < -0.3 is 14.7 Å². The fourth-order valence-electron chi connectivity index (χ4n) is 2.54. The molecule has 2 heterocycles. The molecule has 0 bridgehead atoms. The number of H-pyrrole nitrogens is 1. The largest absolute Gasteiger partial charge is 0.429 e. The molecule has 0 unspecified atom stereocenters. The molecule has 1 aromatic heterocycles. The lowest BCUT2D eigenvalue weighted by atomic mass is 10.0. The highest BCUT2D eigenvalue weighted by molar-refractivity contribution is 7.91. The number of rotatable bonds is 2. The van der Waals surface area contributed by atoms with E-state index < -0.39 is 15.4 Å². The summed E-state index contributed by atoms with van der Waals surface area (Å²) in [5.74, 6) is -0.243. The topological polar surface area (TPSA) is 92.2 Å². The van der Waals surface area contributed by atoms with Crippen molar-refractivity contribution in [3.63, 3.8) is 0 Å². The van der Waals surface area contributed by atoms with Gasteiger partial charge in [-0.25, -0.2) is 8.42 Å². The Kier molecular flexibility index (Phi) is 3.18. The zero-order chi connectivity index (χ0) is 15.3. The highest BCUT2D eigenvalue weighted by atomic mass is 32.2. The summed E-state index contributed by atoms with van der Waals surface area (Å²) in [5, 5.41) is 2.80. The predicted octanol–water partition coefficient (Wildman–Crippen LogP) is 1.80. The van der Waals surface area contributed by atoms with Gasteiger partial charge in [0.05, 0.1) is 22.6 Å². The van der Waals surface area contributed by atoms with E-state index in [0.29, 0.717) is 23.1 Å². The molecule has 1 saturated heterocycles. The number of nitrogens with one attached hydrogen (secondary N) is 2. The van der Waals surface area contributed by atoms with Crippen LogP contribution in [0.5, 0.6) is 0 Å². The zero-order valence-corrected chi connectivity index (χ0v) is 12.9. The second kappa shape index (κ2) is 4.67. The van der Waals surface area contributed by atoms with E-state index in [1.807, 2.05) is 0 Å². The summed E-state index contributed by atoms with van der Waals surface area (Å²) >= 11 is 4.89. The lowest BCUT2D eigenvalue weighted by Gasteiger charge is -2.23. The lowest BCUT2D eigenvalue weighted by Crippen LogP contribution is -2.46. The molecule has 0 spiro atoms. The molecule has 3 rings (SSSR count). The standard InChI is InChI=1S/C13H14N2O4S2/c1-13(4-5-21(17,18)7-13)15-11(16)8-2-3-9-10(6-8)19-12(20)14-9/h2-3,6H,4-5,7H2,1H3,(H,14,20)(H,15,16)/t13-/m0/s1. The highest BCUT2D eigenvalue weighted by Crippen LogP contribution is 2.24. The molecule has 6 nitrogen and oxygen atoms in total. The van der Waals surface area contributed by atoms with Gasteiger partial charge in [0.25, 0.3) is 10.7 Å². The van der Waals surface area contributed by atoms with Crippen LogP contribution in [0.2, 0.25) is 0 Å². The number of carbonyl (C=O) groups is 1. The van der Waals surface area contributed by atoms with E-state index in [1.54, 1.807) is 25.1 Å². The van der Waals surface area contributed by atoms with Crippen molar-refractivity contribution in [2.75, 3.05) is 11.5 Å². The molecule has 0 aliphatic carbocycles. The summed E-state index contributed by atoms with van der Waals surface area (Å²) in [4.78, 5) is 15.4. The smallest absolute Gasteiger partial charge is 0.266 e. The number of benzene rings is 1. The van der Waals surface area contributed by atoms with Gasteiger partial charge in [0, 0.05) is 5.56 Å². The molecule has 0 radical (unpaired) electrons. The van der Waals surface area contributed by atoms with Crippen LogP contribution in [0.15, 0.2) is 22.6 Å². The highest BCUT2D eigenvalue weighted by Gasteiger charge is 2.39. The third-order valence-corrected chi connectivity index (χ3v) is 5.69. The van der Waals surface area contributed by atoms with Gasteiger partial charge in [-0.15, -0.1) is 0 Å². The number of amides is 1. The van der Waals surface area contributed by atoms with E-state index >= 15 is 0 Å². The summed E-state index contributed by atoms with van der Waals surface area (Å²) in [7, 11) is -3.07. The minimum atomic E-state index is -3.07. The Bertz CT molecular complexity index is 881. The fourth-order valence-corrected chi connectivity index (χ4v) is 4.83. The number of hydrogen-bond acceptors (Lipinski definition) is 5. The average molecular weight is 326 g/mol. The Hall–Kier alpha value is -1.67. The van der Waals surface area contributed by atoms with Gasteiger partial charge in [0.15, 0.2) is 15.4 Å². The SMILES string of the molecule is C[C@]1(NC(=O)c2ccc3[nH]c(=S)oc3c2)CCS(=O)(=O)C1. The molecular formula is C13H14N2O4S2. The molecule has 1 aromatic carbocycles. The van der Waals surface area contributed by atoms with Crippen LogP contribution in [-0.2, 0) is 9.84 Å². The van der Waals surface area contributed by atoms with E-state index in [2.05, 4.69) is 10.3 Å². The van der Waals surface area contributed by atoms with Crippen LogP contribution in [0.3, 0.4) is 0 Å². The zero-order valence-electron chi connectivity index (χ0n) is 11.3. The number of sulfone groups is 1. The van der Waals surface area contributed by atoms with Gasteiger partial charge in [-0.1, -0.05) is 0 Å². The first-order chi connectivity index (χ1) is 9.76. The van der Waals surface area contributed by atoms with Crippen molar-refractivity contribution in [1.82, 2.24) is 10.3 Å². The summed E-state index contributed by atoms with van der Waals surface area (Å²) in [6.45, 7) is 1.75. The maximum absolute atomic E-state index is 12.3. The average Bonchev–Trinajstić information content (AvgIpc) is 2.87. The van der Waals surface area contributed by atoms with Crippen molar-refractivity contribution in [1.29, 1.82) is 0 Å². The van der Waals surface area contributed by atoms with Gasteiger partial charge in [-0.05, 0) is 43.8 Å². The van der Waals surface area contributed by atoms with E-state index in [0.717, 1.165) is 0 Å². The second-order valence-corrected chi connectivity index (χ2v) is 8.14. The number of hydrogen-bond donors (Lipinski definition) is 2. The Morgan fingerprint density at radius 1 is 1.48 bits per heavy atom. The van der Waals surface area contributed by atoms with Crippen LogP contribution in [-0.4, -0.2) is 36.4 Å². The molecule has 1 amide bonds. The third kappa shape index (κ3) is 2.86. The molecule has 8 heteroatoms. The number of oxazole rings is 1. The molecule has 1 aliphatic rings. The Balaban J connectivity index is 1.85. The number of fused-ring (bicyclic) bond motifs is 1. The van der Waals surface area contributed by atoms with E-state index in [-0.39, 0.29) is 22.3 Å². The van der Waals surface area contributed by atoms with Gasteiger partial charge in [-0.3, -0.25) is 4.79 Å². The molecule has 0 saturated carbocycles. The van der Waals surface area contributed by atoms with Crippen LogP contribution in [0.25, 0.3) is 11.1 Å². The van der Waals surface area contributed by atoms with Crippen molar-refractivity contribution in [2.45, 2.75) is 18.9 Å². The number of carbonyl (C=O) groups excluding carboxylic acids is 1. The summed E-state index contributed by atoms with van der Waals surface area (Å²) < 4.78 is 28.4. The van der Waals surface area contributed by atoms with Crippen LogP contribution in [0.4, 0.5) is 0 Å². The number of aromatic amines is 1. The van der Waals surface area contributed by atoms with Gasteiger partial charge in [0.1, 0.15) is 0 Å². The Labute approximate surface area is 126 Å². The molecule has 1 atom stereocenters. The molecule has 1 fully saturated rings. The molecule has 2 N–H and O–H groups in total. The first-order valence-electron chi connectivity index (χ1n) is 6.42. The summed E-state index contributed by atoms with van der Waals surface area (Å²) in [5.41, 5.74) is 0.900. The van der Waals surface area contributed by atoms with E-state index in [9.17, 15) is 13.2 Å². The van der Waals surface area contributed by atoms with Crippen LogP contribution in [0.1, 0.15) is 23.7 Å². The second-order valence-electron chi connectivity index (χ2n) is 5.58. The Morgan fingerprint density at radius 2 is 2.24 bits per heavy atom. The van der Waals surface area contributed by atoms with Crippen molar-refractivity contribution in [3.05, 3.63) is 28.6 Å². The summed E-state index contributed by atoms with van der Waals surface area (Å²) in [6.07, 6.45) is 0.425. The maximum Gasteiger partial charge on any atom is 0.266 e. The van der Waals surface area contributed by atoms with Crippen molar-refractivity contribution in [2.24, 2.45) is 0 Å². The minimum absolute atomic E-state index is 0.0289. The third-order valence-electron chi connectivity index (χ3n) is 3.60. The maximum atomic E-state index is 12.3. The summed E-state index contributed by atoms with van der Waals surface area (Å²) in [6, 6.07) is 4.94. The first kappa shape index (κ1) is 14.3. The van der Waals surface area contributed by atoms with Crippen LogP contribution < -0.4 is 5.32 Å². The normalized spacial score (nSPS) is 24.2. The van der Waals surface area contributed by atoms with Crippen molar-refractivity contribution < 1.29 is 17.6 Å². The van der Waals surface area contributed by atoms with E-state index in [1.165, 1.54) is 0 Å². The molecule has 1 aliphatic heterocycles. The van der Waals surface area contributed by atoms with Crippen molar-refractivity contribution in [3.8, 4) is 0 Å². The van der Waals surface area contributed by atoms with E-state index in [4.69, 9.17) is 16.6 Å². The molecule has 112 valence electrons. The fraction of sp³-hybridized carbons (Fsp3) is 0.385. The lowest BCUT2D eigenvalue weighted by molar-refractivity contribution is 0.0915. The van der Waals surface area contributed by atoms with Crippen LogP contribution >= 0.6 is 12.2 Å². The van der Waals surface area contributed by atoms with Crippen molar-refractivity contribution >= 4 is 39.1 Å². The monoisotopic (exact) mass is 326 g/mol. The first-order valence-corrected chi connectivity index (χ1v) is 8.65. The molecule has 2 aromatic rings. The minimum Gasteiger partial charge on any atom is -0.429 e. The van der Waals surface area contributed by atoms with Gasteiger partial charge in [0.2, 0.25) is 0 Å². The number of aromatic nitrogens is 1. The van der Waals surface area contributed by atoms with Gasteiger partial charge in [-0.2, -0.15) is 0 Å². The molecule has 21 heavy (non-hydrogen) atoms. The van der Waals surface area contributed by atoms with Gasteiger partial charge >= 0.3 is 0 Å². The Morgan fingerprint density at radius 3 is 2.90 bits per heavy atom. The quantitative estimate of drug-likeness (QED) is 0.821. The predicted molar refractivity (Wildman–Crippen MR) is 80.5 cm³/mol. The molecular weight excluding hydrogens is 312 g/mol.